The van der Waals surface area contributed by atoms with Crippen LogP contribution in [0.1, 0.15) is 26.5 Å². The molecule has 0 aliphatic rings. The zero-order valence-corrected chi connectivity index (χ0v) is 12.9. The van der Waals surface area contributed by atoms with Crippen molar-refractivity contribution in [3.05, 3.63) is 23.0 Å². The van der Waals surface area contributed by atoms with Crippen LogP contribution in [0.5, 0.6) is 0 Å². The van der Waals surface area contributed by atoms with Crippen LogP contribution in [0.4, 0.5) is 5.69 Å². The number of nitrogens with two attached hydrogens (primary N) is 1. The Morgan fingerprint density at radius 3 is 2.47 bits per heavy atom. The summed E-state index contributed by atoms with van der Waals surface area (Å²) in [6.45, 7) is 11.5. The van der Waals surface area contributed by atoms with Crippen LogP contribution in [0, 0.1) is 0 Å². The Bertz CT molecular complexity index is 402. The fraction of sp³-hybridized carbons (Fsp3) is 0.583. The smallest absolute Gasteiger partial charge is 0.192 e. The van der Waals surface area contributed by atoms with E-state index >= 15 is 0 Å². The number of hydrogen-bond donors (Lipinski definition) is 1. The first kappa shape index (κ1) is 14.5. The Balaban J connectivity index is 2.74. The van der Waals surface area contributed by atoms with E-state index in [9.17, 15) is 0 Å². The number of pyridine rings is 1. The van der Waals surface area contributed by atoms with Crippen molar-refractivity contribution in [1.29, 1.82) is 0 Å². The molecule has 0 radical (unpaired) electrons. The first-order chi connectivity index (χ1) is 7.63. The minimum Gasteiger partial charge on any atom is -0.411 e. The highest BCUT2D eigenvalue weighted by molar-refractivity contribution is 6.74. The number of nitrogen functional groups attached to an aromatic ring is 1. The van der Waals surface area contributed by atoms with E-state index in [1.54, 1.807) is 12.3 Å². The van der Waals surface area contributed by atoms with E-state index in [-0.39, 0.29) is 5.04 Å². The minimum absolute atomic E-state index is 0.188. The normalized spacial score (nSPS) is 12.8. The molecule has 0 aliphatic carbocycles. The molecule has 0 unspecified atom stereocenters. The van der Waals surface area contributed by atoms with Gasteiger partial charge in [0.05, 0.1) is 29.2 Å². The van der Waals surface area contributed by atoms with Crippen molar-refractivity contribution in [3.63, 3.8) is 0 Å². The Morgan fingerprint density at radius 2 is 2.00 bits per heavy atom. The van der Waals surface area contributed by atoms with Gasteiger partial charge >= 0.3 is 0 Å². The molecule has 0 bridgehead atoms. The lowest BCUT2D eigenvalue weighted by Crippen LogP contribution is -2.40. The van der Waals surface area contributed by atoms with Gasteiger partial charge in [-0.3, -0.25) is 4.98 Å². The summed E-state index contributed by atoms with van der Waals surface area (Å²) in [4.78, 5) is 4.20. The summed E-state index contributed by atoms with van der Waals surface area (Å²) in [6, 6.07) is 1.71. The Hall–Kier alpha value is -0.583. The molecule has 0 aromatic carbocycles. The van der Waals surface area contributed by atoms with E-state index in [4.69, 9.17) is 21.8 Å². The zero-order valence-electron chi connectivity index (χ0n) is 11.2. The number of rotatable bonds is 3. The molecule has 0 saturated carbocycles. The molecule has 17 heavy (non-hydrogen) atoms. The molecule has 0 fully saturated rings. The van der Waals surface area contributed by atoms with Crippen LogP contribution < -0.4 is 5.73 Å². The van der Waals surface area contributed by atoms with Crippen LogP contribution in [-0.4, -0.2) is 13.3 Å². The fourth-order valence-electron chi connectivity index (χ4n) is 1.05. The summed E-state index contributed by atoms with van der Waals surface area (Å²) < 4.78 is 6.05. The predicted molar refractivity (Wildman–Crippen MR) is 75.6 cm³/mol. The van der Waals surface area contributed by atoms with Gasteiger partial charge in [0.1, 0.15) is 0 Å². The second-order valence-electron chi connectivity index (χ2n) is 5.75. The quantitative estimate of drug-likeness (QED) is 0.851. The maximum atomic E-state index is 6.07. The lowest BCUT2D eigenvalue weighted by molar-refractivity contribution is 0.272. The molecule has 0 amide bonds. The lowest BCUT2D eigenvalue weighted by atomic mass is 10.2. The van der Waals surface area contributed by atoms with Crippen LogP contribution in [0.25, 0.3) is 0 Å². The first-order valence-corrected chi connectivity index (χ1v) is 8.96. The van der Waals surface area contributed by atoms with Crippen LogP contribution in [0.3, 0.4) is 0 Å². The van der Waals surface area contributed by atoms with Crippen molar-refractivity contribution >= 4 is 25.6 Å². The Kier molecular flexibility index (Phi) is 4.22. The third-order valence-corrected chi connectivity index (χ3v) is 8.12. The zero-order chi connectivity index (χ0) is 13.3. The highest BCUT2D eigenvalue weighted by atomic mass is 35.5. The third-order valence-electron chi connectivity index (χ3n) is 3.31. The van der Waals surface area contributed by atoms with Gasteiger partial charge in [0.2, 0.25) is 0 Å². The van der Waals surface area contributed by atoms with Gasteiger partial charge in [-0.05, 0) is 24.2 Å². The third kappa shape index (κ3) is 3.69. The summed E-state index contributed by atoms with van der Waals surface area (Å²) in [5, 5.41) is 0.761. The highest BCUT2D eigenvalue weighted by Gasteiger charge is 2.37. The second-order valence-corrected chi connectivity index (χ2v) is 11.0. The van der Waals surface area contributed by atoms with Gasteiger partial charge in [-0.2, -0.15) is 0 Å². The van der Waals surface area contributed by atoms with Crippen LogP contribution in [-0.2, 0) is 11.0 Å². The van der Waals surface area contributed by atoms with E-state index in [0.29, 0.717) is 17.3 Å². The van der Waals surface area contributed by atoms with Gasteiger partial charge in [0, 0.05) is 0 Å². The van der Waals surface area contributed by atoms with Crippen molar-refractivity contribution in [2.24, 2.45) is 0 Å². The Labute approximate surface area is 109 Å². The molecule has 5 heteroatoms. The fourth-order valence-corrected chi connectivity index (χ4v) is 2.21. The number of aromatic nitrogens is 1. The number of hydrogen-bond acceptors (Lipinski definition) is 3. The van der Waals surface area contributed by atoms with Crippen molar-refractivity contribution in [3.8, 4) is 0 Å². The van der Waals surface area contributed by atoms with E-state index < -0.39 is 8.32 Å². The van der Waals surface area contributed by atoms with E-state index in [1.165, 1.54) is 0 Å². The molecule has 3 nitrogen and oxygen atoms in total. The predicted octanol–water partition coefficient (Wildman–Crippen LogP) is 3.84. The largest absolute Gasteiger partial charge is 0.411 e. The van der Waals surface area contributed by atoms with Crippen molar-refractivity contribution in [2.75, 3.05) is 5.73 Å². The summed E-state index contributed by atoms with van der Waals surface area (Å²) in [7, 11) is -1.75. The van der Waals surface area contributed by atoms with Crippen LogP contribution >= 0.6 is 11.6 Å². The van der Waals surface area contributed by atoms with Gasteiger partial charge in [-0.1, -0.05) is 32.4 Å². The molecule has 2 N–H and O–H groups in total. The average molecular weight is 273 g/mol. The number of anilines is 1. The molecule has 0 aliphatic heterocycles. The first-order valence-electron chi connectivity index (χ1n) is 5.67. The van der Waals surface area contributed by atoms with Crippen molar-refractivity contribution < 1.29 is 4.43 Å². The van der Waals surface area contributed by atoms with Crippen molar-refractivity contribution in [1.82, 2.24) is 4.98 Å². The van der Waals surface area contributed by atoms with Gasteiger partial charge in [-0.25, -0.2) is 0 Å². The van der Waals surface area contributed by atoms with E-state index in [1.807, 2.05) is 0 Å². The molecule has 0 spiro atoms. The minimum atomic E-state index is -1.75. The van der Waals surface area contributed by atoms with Gasteiger partial charge < -0.3 is 10.2 Å². The molecule has 1 heterocycles. The number of nitrogens with zero attached hydrogens (tertiary/aromatic N) is 1. The van der Waals surface area contributed by atoms with Crippen molar-refractivity contribution in [2.45, 2.75) is 45.5 Å². The molecule has 0 atom stereocenters. The molecular weight excluding hydrogens is 252 g/mol. The topological polar surface area (TPSA) is 48.1 Å². The average Bonchev–Trinajstić information content (AvgIpc) is 2.14. The monoisotopic (exact) mass is 272 g/mol. The molecule has 1 rings (SSSR count). The molecule has 1 aromatic rings. The summed E-state index contributed by atoms with van der Waals surface area (Å²) >= 11 is 6.07. The summed E-state index contributed by atoms with van der Waals surface area (Å²) in [6.07, 6.45) is 1.61. The van der Waals surface area contributed by atoms with Gasteiger partial charge in [0.25, 0.3) is 0 Å². The maximum Gasteiger partial charge on any atom is 0.192 e. The second kappa shape index (κ2) is 4.96. The maximum absolute atomic E-state index is 6.07. The van der Waals surface area contributed by atoms with Crippen LogP contribution in [0.15, 0.2) is 12.3 Å². The molecule has 0 saturated heterocycles. The summed E-state index contributed by atoms with van der Waals surface area (Å²) in [5.74, 6) is 0. The number of halogens is 1. The molecule has 1 aromatic heterocycles. The lowest BCUT2D eigenvalue weighted by Gasteiger charge is -2.36. The van der Waals surface area contributed by atoms with Gasteiger partial charge in [-0.15, -0.1) is 0 Å². The van der Waals surface area contributed by atoms with Crippen LogP contribution in [0.2, 0.25) is 23.2 Å². The van der Waals surface area contributed by atoms with E-state index in [2.05, 4.69) is 38.8 Å². The Morgan fingerprint density at radius 1 is 1.41 bits per heavy atom. The molecular formula is C12H21ClN2OSi. The highest BCUT2D eigenvalue weighted by Crippen LogP contribution is 2.37. The summed E-state index contributed by atoms with van der Waals surface area (Å²) in [5.41, 5.74) is 6.93. The SMILES string of the molecule is CC(C)(C)[Si](C)(C)OCc1ncc(N)cc1Cl. The van der Waals surface area contributed by atoms with E-state index in [0.717, 1.165) is 5.69 Å². The standard InChI is InChI=1S/C12H21ClN2OSi/c1-12(2,3)17(4,5)16-8-11-10(13)6-9(14)7-15-11/h6-7H,8,14H2,1-5H3. The molecule has 96 valence electrons. The van der Waals surface area contributed by atoms with Gasteiger partial charge in [0.15, 0.2) is 8.32 Å².